The molecular weight excluding hydrogens is 496 g/mol. The monoisotopic (exact) mass is 537 g/mol. The second-order valence-electron chi connectivity index (χ2n) is 12.4. The van der Waals surface area contributed by atoms with Crippen LogP contribution in [0.15, 0.2) is 121 Å². The molecule has 0 saturated heterocycles. The van der Waals surface area contributed by atoms with Gasteiger partial charge in [0.05, 0.1) is 5.41 Å². The van der Waals surface area contributed by atoms with Crippen molar-refractivity contribution in [3.8, 4) is 0 Å². The fourth-order valence-corrected chi connectivity index (χ4v) is 7.18. The zero-order valence-electron chi connectivity index (χ0n) is 25.3. The number of hydrogen-bond acceptors (Lipinski definition) is 1. The maximum atomic E-state index is 2.52. The van der Waals surface area contributed by atoms with E-state index < -0.39 is 0 Å². The molecule has 0 N–H and O–H groups in total. The Kier molecular flexibility index (Phi) is 6.82. The lowest BCUT2D eigenvalue weighted by Gasteiger charge is -2.26. The Morgan fingerprint density at radius 2 is 1.29 bits per heavy atom. The molecule has 2 heteroatoms. The van der Waals surface area contributed by atoms with Crippen molar-refractivity contribution in [1.29, 1.82) is 0 Å². The Hall–Kier alpha value is -4.17. The van der Waals surface area contributed by atoms with Gasteiger partial charge < -0.3 is 4.90 Å². The molecule has 2 heterocycles. The minimum absolute atomic E-state index is 0.0617. The van der Waals surface area contributed by atoms with Crippen molar-refractivity contribution in [3.63, 3.8) is 0 Å². The molecule has 206 valence electrons. The minimum atomic E-state index is -0.0640. The zero-order valence-corrected chi connectivity index (χ0v) is 25.3. The van der Waals surface area contributed by atoms with Gasteiger partial charge in [-0.15, -0.1) is 0 Å². The molecule has 6 rings (SSSR count). The molecule has 0 saturated carbocycles. The SMILES string of the molecule is CCCN1/C(=C/C=C/C=C/C=C/C2=[N+](C)c3ccc4ccccc4c3C2(C)C)C(C)(C)c2c1ccc1ccccc21. The summed E-state index contributed by atoms with van der Waals surface area (Å²) in [6, 6.07) is 26.6. The summed E-state index contributed by atoms with van der Waals surface area (Å²) >= 11 is 0. The number of nitrogens with zero attached hydrogens (tertiary/aromatic N) is 2. The van der Waals surface area contributed by atoms with Crippen LogP contribution in [0.25, 0.3) is 21.5 Å². The Labute approximate surface area is 245 Å². The Morgan fingerprint density at radius 3 is 2.00 bits per heavy atom. The summed E-state index contributed by atoms with van der Waals surface area (Å²) in [7, 11) is 2.18. The average molecular weight is 538 g/mol. The highest BCUT2D eigenvalue weighted by molar-refractivity contribution is 6.07. The summed E-state index contributed by atoms with van der Waals surface area (Å²) in [6.45, 7) is 12.7. The van der Waals surface area contributed by atoms with E-state index in [-0.39, 0.29) is 10.8 Å². The van der Waals surface area contributed by atoms with Crippen molar-refractivity contribution < 1.29 is 4.58 Å². The first-order valence-electron chi connectivity index (χ1n) is 14.9. The summed E-state index contributed by atoms with van der Waals surface area (Å²) in [4.78, 5) is 2.52. The summed E-state index contributed by atoms with van der Waals surface area (Å²) < 4.78 is 2.35. The van der Waals surface area contributed by atoms with Crippen LogP contribution >= 0.6 is 0 Å². The molecule has 2 aliphatic heterocycles. The molecule has 0 aliphatic carbocycles. The molecule has 2 nitrogen and oxygen atoms in total. The topological polar surface area (TPSA) is 6.25 Å². The van der Waals surface area contributed by atoms with Gasteiger partial charge in [0.25, 0.3) is 0 Å². The molecular formula is C39H41N2+. The predicted octanol–water partition coefficient (Wildman–Crippen LogP) is 9.76. The largest absolute Gasteiger partial charge is 0.344 e. The van der Waals surface area contributed by atoms with Crippen molar-refractivity contribution in [2.24, 2.45) is 0 Å². The number of anilines is 1. The zero-order chi connectivity index (χ0) is 28.8. The van der Waals surface area contributed by atoms with E-state index in [0.717, 1.165) is 13.0 Å². The van der Waals surface area contributed by atoms with E-state index in [2.05, 4.69) is 166 Å². The Balaban J connectivity index is 1.23. The van der Waals surface area contributed by atoms with E-state index in [4.69, 9.17) is 0 Å². The highest BCUT2D eigenvalue weighted by atomic mass is 15.2. The Bertz CT molecular complexity index is 1810. The lowest BCUT2D eigenvalue weighted by Crippen LogP contribution is -2.26. The third-order valence-corrected chi connectivity index (χ3v) is 9.05. The van der Waals surface area contributed by atoms with Gasteiger partial charge in [0, 0.05) is 41.1 Å². The van der Waals surface area contributed by atoms with Crippen molar-refractivity contribution in [1.82, 2.24) is 0 Å². The highest BCUT2D eigenvalue weighted by Gasteiger charge is 2.44. The maximum Gasteiger partial charge on any atom is 0.210 e. The van der Waals surface area contributed by atoms with E-state index in [0.29, 0.717) is 0 Å². The van der Waals surface area contributed by atoms with Crippen molar-refractivity contribution in [2.75, 3.05) is 18.5 Å². The van der Waals surface area contributed by atoms with Crippen molar-refractivity contribution in [3.05, 3.63) is 132 Å². The first kappa shape index (κ1) is 27.0. The number of fused-ring (bicyclic) bond motifs is 6. The van der Waals surface area contributed by atoms with Crippen LogP contribution < -0.4 is 4.90 Å². The van der Waals surface area contributed by atoms with E-state index in [1.165, 1.54) is 55.5 Å². The number of benzene rings is 4. The van der Waals surface area contributed by atoms with Gasteiger partial charge in [-0.05, 0) is 65.6 Å². The first-order valence-corrected chi connectivity index (χ1v) is 14.9. The van der Waals surface area contributed by atoms with Crippen LogP contribution in [0.5, 0.6) is 0 Å². The van der Waals surface area contributed by atoms with Crippen LogP contribution in [-0.2, 0) is 10.8 Å². The normalized spacial score (nSPS) is 18.7. The lowest BCUT2D eigenvalue weighted by atomic mass is 9.79. The third-order valence-electron chi connectivity index (χ3n) is 9.05. The van der Waals surface area contributed by atoms with Gasteiger partial charge in [0.15, 0.2) is 5.71 Å². The standard InChI is InChI=1S/C39H41N2/c1-7-27-41-33-26-24-29-18-14-16-20-31(29)37(33)39(4,5)35(41)22-12-10-8-9-11-21-34-38(2,3)36-30-19-15-13-17-28(30)23-25-32(36)40(34)6/h8-26H,7,27H2,1-6H3/q+1. The molecule has 0 amide bonds. The van der Waals surface area contributed by atoms with E-state index in [9.17, 15) is 0 Å². The fourth-order valence-electron chi connectivity index (χ4n) is 7.18. The van der Waals surface area contributed by atoms with Crippen molar-refractivity contribution in [2.45, 2.75) is 51.9 Å². The van der Waals surface area contributed by atoms with Gasteiger partial charge in [-0.25, -0.2) is 0 Å². The van der Waals surface area contributed by atoms with Gasteiger partial charge in [-0.3, -0.25) is 0 Å². The van der Waals surface area contributed by atoms with Crippen LogP contribution in [0.1, 0.15) is 52.2 Å². The Morgan fingerprint density at radius 1 is 0.683 bits per heavy atom. The molecule has 4 aromatic carbocycles. The van der Waals surface area contributed by atoms with Gasteiger partial charge in [0.1, 0.15) is 7.05 Å². The van der Waals surface area contributed by atoms with Crippen molar-refractivity contribution >= 4 is 38.6 Å². The fraction of sp³-hybridized carbons (Fsp3) is 0.256. The van der Waals surface area contributed by atoms with Gasteiger partial charge in [0.2, 0.25) is 5.69 Å². The second kappa shape index (κ2) is 10.3. The summed E-state index contributed by atoms with van der Waals surface area (Å²) in [5, 5.41) is 5.32. The van der Waals surface area contributed by atoms with Crippen LogP contribution in [0.3, 0.4) is 0 Å². The second-order valence-corrected chi connectivity index (χ2v) is 12.4. The summed E-state index contributed by atoms with van der Waals surface area (Å²) in [5.74, 6) is 0. The quantitative estimate of drug-likeness (QED) is 0.175. The van der Waals surface area contributed by atoms with Crippen LogP contribution in [0.4, 0.5) is 11.4 Å². The number of rotatable bonds is 6. The maximum absolute atomic E-state index is 2.52. The lowest BCUT2D eigenvalue weighted by molar-refractivity contribution is -0.401. The summed E-state index contributed by atoms with van der Waals surface area (Å²) in [6.07, 6.45) is 16.5. The smallest absolute Gasteiger partial charge is 0.210 e. The molecule has 2 aliphatic rings. The summed E-state index contributed by atoms with van der Waals surface area (Å²) in [5.41, 5.74) is 8.05. The molecule has 0 bridgehead atoms. The number of hydrogen-bond donors (Lipinski definition) is 0. The predicted molar refractivity (Wildman–Crippen MR) is 178 cm³/mol. The number of allylic oxidation sites excluding steroid dienone is 8. The molecule has 0 unspecified atom stereocenters. The molecule has 0 radical (unpaired) electrons. The van der Waals surface area contributed by atoms with Crippen LogP contribution in [-0.4, -0.2) is 23.9 Å². The van der Waals surface area contributed by atoms with E-state index >= 15 is 0 Å². The molecule has 0 aromatic heterocycles. The van der Waals surface area contributed by atoms with E-state index in [1.807, 2.05) is 0 Å². The van der Waals surface area contributed by atoms with Gasteiger partial charge in [-0.1, -0.05) is 106 Å². The van der Waals surface area contributed by atoms with Gasteiger partial charge >= 0.3 is 0 Å². The molecule has 0 fully saturated rings. The third kappa shape index (κ3) is 4.37. The van der Waals surface area contributed by atoms with Gasteiger partial charge in [-0.2, -0.15) is 4.58 Å². The molecule has 0 spiro atoms. The average Bonchev–Trinajstić information content (AvgIpc) is 3.31. The molecule has 0 atom stereocenters. The minimum Gasteiger partial charge on any atom is -0.344 e. The van der Waals surface area contributed by atoms with E-state index in [1.54, 1.807) is 0 Å². The van der Waals surface area contributed by atoms with Crippen LogP contribution in [0.2, 0.25) is 0 Å². The van der Waals surface area contributed by atoms with Crippen LogP contribution in [0, 0.1) is 0 Å². The molecule has 41 heavy (non-hydrogen) atoms. The highest BCUT2D eigenvalue weighted by Crippen LogP contribution is 2.50. The molecule has 4 aromatic rings. The first-order chi connectivity index (χ1) is 19.8.